The van der Waals surface area contributed by atoms with Crippen LogP contribution >= 0.6 is 0 Å². The van der Waals surface area contributed by atoms with Gasteiger partial charge in [0.1, 0.15) is 0 Å². The second-order valence-electron chi connectivity index (χ2n) is 4.28. The summed E-state index contributed by atoms with van der Waals surface area (Å²) in [5, 5.41) is 3.55. The van der Waals surface area contributed by atoms with E-state index in [4.69, 9.17) is 9.47 Å². The highest BCUT2D eigenvalue weighted by molar-refractivity contribution is 4.74. The first-order valence-corrected chi connectivity index (χ1v) is 6.25. The third-order valence-corrected chi connectivity index (χ3v) is 2.85. The Balaban J connectivity index is 2.19. The average molecular weight is 215 g/mol. The Labute approximate surface area is 93.5 Å². The van der Waals surface area contributed by atoms with Crippen molar-refractivity contribution in [1.29, 1.82) is 0 Å². The van der Waals surface area contributed by atoms with E-state index in [1.54, 1.807) is 0 Å². The molecule has 1 saturated heterocycles. The zero-order chi connectivity index (χ0) is 10.9. The maximum atomic E-state index is 5.50. The van der Waals surface area contributed by atoms with Crippen LogP contribution in [-0.4, -0.2) is 39.0 Å². The van der Waals surface area contributed by atoms with Crippen molar-refractivity contribution in [2.24, 2.45) is 5.92 Å². The lowest BCUT2D eigenvalue weighted by Crippen LogP contribution is -2.36. The summed E-state index contributed by atoms with van der Waals surface area (Å²) in [5.41, 5.74) is 0. The summed E-state index contributed by atoms with van der Waals surface area (Å²) >= 11 is 0. The van der Waals surface area contributed by atoms with Gasteiger partial charge in [-0.1, -0.05) is 6.92 Å². The van der Waals surface area contributed by atoms with Gasteiger partial charge in [-0.05, 0) is 38.6 Å². The fourth-order valence-electron chi connectivity index (χ4n) is 1.99. The van der Waals surface area contributed by atoms with E-state index in [0.29, 0.717) is 6.04 Å². The summed E-state index contributed by atoms with van der Waals surface area (Å²) < 4.78 is 10.9. The van der Waals surface area contributed by atoms with Crippen LogP contribution in [0.25, 0.3) is 0 Å². The molecule has 0 bridgehead atoms. The molecule has 2 atom stereocenters. The summed E-state index contributed by atoms with van der Waals surface area (Å²) in [6, 6.07) is 0.511. The number of hydrogen-bond donors (Lipinski definition) is 1. The van der Waals surface area contributed by atoms with Crippen LogP contribution in [0.5, 0.6) is 0 Å². The summed E-state index contributed by atoms with van der Waals surface area (Å²) in [6.07, 6.45) is 3.60. The van der Waals surface area contributed by atoms with Gasteiger partial charge in [0.2, 0.25) is 0 Å². The van der Waals surface area contributed by atoms with Crippen LogP contribution in [0.3, 0.4) is 0 Å². The van der Waals surface area contributed by atoms with Crippen molar-refractivity contribution in [2.75, 3.05) is 33.0 Å². The number of ether oxygens (including phenoxy) is 2. The van der Waals surface area contributed by atoms with Gasteiger partial charge in [-0.3, -0.25) is 0 Å². The lowest BCUT2D eigenvalue weighted by Gasteiger charge is -2.20. The molecule has 90 valence electrons. The standard InChI is InChI=1S/C12H25NO2/c1-3-6-13-12(10-14-4-2)8-11-5-7-15-9-11/h11-13H,3-10H2,1-2H3. The van der Waals surface area contributed by atoms with Crippen LogP contribution in [0.2, 0.25) is 0 Å². The molecule has 0 aliphatic carbocycles. The maximum absolute atomic E-state index is 5.50. The van der Waals surface area contributed by atoms with Gasteiger partial charge in [0.25, 0.3) is 0 Å². The molecular weight excluding hydrogens is 190 g/mol. The second-order valence-corrected chi connectivity index (χ2v) is 4.28. The Morgan fingerprint density at radius 1 is 1.47 bits per heavy atom. The summed E-state index contributed by atoms with van der Waals surface area (Å²) in [5.74, 6) is 0.736. The highest BCUT2D eigenvalue weighted by Gasteiger charge is 2.20. The molecule has 0 saturated carbocycles. The van der Waals surface area contributed by atoms with Crippen molar-refractivity contribution in [3.63, 3.8) is 0 Å². The minimum atomic E-state index is 0.511. The van der Waals surface area contributed by atoms with Gasteiger partial charge >= 0.3 is 0 Å². The van der Waals surface area contributed by atoms with Crippen LogP contribution in [-0.2, 0) is 9.47 Å². The topological polar surface area (TPSA) is 30.5 Å². The van der Waals surface area contributed by atoms with Gasteiger partial charge in [-0.15, -0.1) is 0 Å². The normalized spacial score (nSPS) is 23.2. The molecular formula is C12H25NO2. The molecule has 1 N–H and O–H groups in total. The minimum absolute atomic E-state index is 0.511. The van der Waals surface area contributed by atoms with E-state index < -0.39 is 0 Å². The van der Waals surface area contributed by atoms with Gasteiger partial charge in [0.05, 0.1) is 6.61 Å². The van der Waals surface area contributed by atoms with Crippen molar-refractivity contribution in [1.82, 2.24) is 5.32 Å². The predicted molar refractivity (Wildman–Crippen MR) is 62.1 cm³/mol. The quantitative estimate of drug-likeness (QED) is 0.670. The molecule has 0 spiro atoms. The molecule has 0 amide bonds. The fraction of sp³-hybridized carbons (Fsp3) is 1.00. The van der Waals surface area contributed by atoms with E-state index in [9.17, 15) is 0 Å². The van der Waals surface area contributed by atoms with Crippen LogP contribution in [0.4, 0.5) is 0 Å². The van der Waals surface area contributed by atoms with Crippen LogP contribution in [0.1, 0.15) is 33.1 Å². The van der Waals surface area contributed by atoms with Crippen molar-refractivity contribution < 1.29 is 9.47 Å². The third kappa shape index (κ3) is 5.50. The SMILES string of the molecule is CCCNC(COCC)CC1CCOC1. The Hall–Kier alpha value is -0.120. The lowest BCUT2D eigenvalue weighted by atomic mass is 9.99. The predicted octanol–water partition coefficient (Wildman–Crippen LogP) is 1.82. The fourth-order valence-corrected chi connectivity index (χ4v) is 1.99. The third-order valence-electron chi connectivity index (χ3n) is 2.85. The molecule has 15 heavy (non-hydrogen) atoms. The highest BCUT2D eigenvalue weighted by Crippen LogP contribution is 2.18. The Kier molecular flexibility index (Phi) is 6.98. The van der Waals surface area contributed by atoms with Gasteiger partial charge in [-0.25, -0.2) is 0 Å². The Bertz CT molecular complexity index is 139. The lowest BCUT2D eigenvalue weighted by molar-refractivity contribution is 0.111. The average Bonchev–Trinajstić information content (AvgIpc) is 2.74. The molecule has 1 heterocycles. The molecule has 0 aromatic carbocycles. The molecule has 1 aliphatic rings. The molecule has 2 unspecified atom stereocenters. The molecule has 3 heteroatoms. The van der Waals surface area contributed by atoms with Crippen molar-refractivity contribution in [3.05, 3.63) is 0 Å². The number of hydrogen-bond acceptors (Lipinski definition) is 3. The van der Waals surface area contributed by atoms with E-state index >= 15 is 0 Å². The van der Waals surface area contributed by atoms with E-state index in [-0.39, 0.29) is 0 Å². The minimum Gasteiger partial charge on any atom is -0.381 e. The van der Waals surface area contributed by atoms with Crippen LogP contribution < -0.4 is 5.32 Å². The molecule has 0 aromatic heterocycles. The first-order chi connectivity index (χ1) is 7.36. The van der Waals surface area contributed by atoms with Crippen LogP contribution in [0.15, 0.2) is 0 Å². The first-order valence-electron chi connectivity index (χ1n) is 6.25. The second kappa shape index (κ2) is 8.08. The summed E-state index contributed by atoms with van der Waals surface area (Å²) in [4.78, 5) is 0. The number of nitrogens with one attached hydrogen (secondary N) is 1. The zero-order valence-corrected chi connectivity index (χ0v) is 10.1. The molecule has 1 rings (SSSR count). The van der Waals surface area contributed by atoms with Gasteiger partial charge in [0, 0.05) is 25.9 Å². The Morgan fingerprint density at radius 3 is 2.93 bits per heavy atom. The largest absolute Gasteiger partial charge is 0.381 e. The number of rotatable bonds is 8. The molecule has 1 fully saturated rings. The summed E-state index contributed by atoms with van der Waals surface area (Å²) in [7, 11) is 0. The van der Waals surface area contributed by atoms with Gasteiger partial charge in [0.15, 0.2) is 0 Å². The van der Waals surface area contributed by atoms with E-state index in [2.05, 4.69) is 19.2 Å². The zero-order valence-electron chi connectivity index (χ0n) is 10.1. The van der Waals surface area contributed by atoms with Gasteiger partial charge < -0.3 is 14.8 Å². The molecule has 1 aliphatic heterocycles. The van der Waals surface area contributed by atoms with E-state index in [1.165, 1.54) is 19.3 Å². The highest BCUT2D eigenvalue weighted by atomic mass is 16.5. The van der Waals surface area contributed by atoms with E-state index in [0.717, 1.165) is 38.9 Å². The molecule has 3 nitrogen and oxygen atoms in total. The Morgan fingerprint density at radius 2 is 2.33 bits per heavy atom. The summed E-state index contributed by atoms with van der Waals surface area (Å²) in [6.45, 7) is 8.87. The molecule has 0 radical (unpaired) electrons. The van der Waals surface area contributed by atoms with Crippen molar-refractivity contribution in [2.45, 2.75) is 39.2 Å². The molecule has 0 aromatic rings. The van der Waals surface area contributed by atoms with Crippen molar-refractivity contribution >= 4 is 0 Å². The van der Waals surface area contributed by atoms with Gasteiger partial charge in [-0.2, -0.15) is 0 Å². The maximum Gasteiger partial charge on any atom is 0.0619 e. The van der Waals surface area contributed by atoms with Crippen LogP contribution in [0, 0.1) is 5.92 Å². The smallest absolute Gasteiger partial charge is 0.0619 e. The van der Waals surface area contributed by atoms with E-state index in [1.807, 2.05) is 0 Å². The monoisotopic (exact) mass is 215 g/mol. The first kappa shape index (κ1) is 12.9. The van der Waals surface area contributed by atoms with Crippen molar-refractivity contribution in [3.8, 4) is 0 Å².